The molecule has 0 saturated heterocycles. The Morgan fingerprint density at radius 3 is 1.92 bits per heavy atom. The molecule has 0 radical (unpaired) electrons. The molecule has 0 atom stereocenters. The minimum Gasteiger partial charge on any atom is -0.606 e. The molecule has 0 amide bonds. The van der Waals surface area contributed by atoms with Crippen LogP contribution in [0.1, 0.15) is 76.7 Å². The zero-order valence-corrected chi connectivity index (χ0v) is 18.8. The van der Waals surface area contributed by atoms with Crippen molar-refractivity contribution >= 4 is 20.8 Å². The van der Waals surface area contributed by atoms with Crippen LogP contribution in [0.2, 0.25) is 0 Å². The molecule has 0 fully saturated rings. The summed E-state index contributed by atoms with van der Waals surface area (Å²) >= 11 is 4.30. The van der Waals surface area contributed by atoms with E-state index in [0.717, 1.165) is 18.4 Å². The average Bonchev–Trinajstić information content (AvgIpc) is 2.49. The fourth-order valence-corrected chi connectivity index (χ4v) is 3.31. The number of aryl methyl sites for hydroxylation is 1. The van der Waals surface area contributed by atoms with Crippen LogP contribution >= 0.6 is 0 Å². The molecule has 24 heavy (non-hydrogen) atoms. The van der Waals surface area contributed by atoms with Crippen LogP contribution < -0.4 is 33.7 Å². The van der Waals surface area contributed by atoms with Crippen molar-refractivity contribution in [2.75, 3.05) is 0 Å². The molecule has 3 nitrogen and oxygen atoms in total. The van der Waals surface area contributed by atoms with Gasteiger partial charge in [-0.15, -0.1) is 0 Å². The van der Waals surface area contributed by atoms with Crippen molar-refractivity contribution in [1.82, 2.24) is 0 Å². The molecule has 0 heterocycles. The second-order valence-corrected chi connectivity index (χ2v) is 8.24. The van der Waals surface area contributed by atoms with E-state index in [2.05, 4.69) is 18.6 Å². The summed E-state index contributed by atoms with van der Waals surface area (Å²) in [5.74, 6) is 0.374. The van der Waals surface area contributed by atoms with Crippen LogP contribution in [0.5, 0.6) is 5.75 Å². The Morgan fingerprint density at radius 1 is 0.875 bits per heavy atom. The normalized spacial score (nSPS) is 11.1. The summed E-state index contributed by atoms with van der Waals surface area (Å²) in [5.41, 5.74) is 0.917. The monoisotopic (exact) mass is 380 g/mol. The summed E-state index contributed by atoms with van der Waals surface area (Å²) in [6, 6.07) is 7.23. The van der Waals surface area contributed by atoms with Crippen LogP contribution in [0.25, 0.3) is 0 Å². The molecule has 6 heteroatoms. The summed E-state index contributed by atoms with van der Waals surface area (Å²) in [4.78, 5) is 0. The maximum atomic E-state index is 11.1. The standard InChI is InChI=1S/C18H30O3S2.Na/c1-2-3-4-5-6-7-8-9-10-11-14-17-15-12-13-16-18(17)21-23(19,20)22;/h12-13,15-16H,2-11,14H2,1H3,(H,19,20,22);/q;+1/p-1. The van der Waals surface area contributed by atoms with E-state index in [1.807, 2.05) is 12.1 Å². The molecule has 1 rings (SSSR count). The van der Waals surface area contributed by atoms with E-state index in [9.17, 15) is 8.42 Å². The molecule has 0 N–H and O–H groups in total. The third-order valence-electron chi connectivity index (χ3n) is 3.96. The first-order valence-electron chi connectivity index (χ1n) is 8.76. The third kappa shape index (κ3) is 12.6. The number of hydrogen-bond donors (Lipinski definition) is 0. The molecular formula is C18H29NaO3S2. The Kier molecular flexibility index (Phi) is 14.7. The Hall–Kier alpha value is 0.320. The van der Waals surface area contributed by atoms with Gasteiger partial charge < -0.3 is 15.8 Å². The smallest absolute Gasteiger partial charge is 0.606 e. The maximum Gasteiger partial charge on any atom is 1.00 e. The van der Waals surface area contributed by atoms with Gasteiger partial charge in [0, 0.05) is 0 Å². The van der Waals surface area contributed by atoms with Gasteiger partial charge in [0.15, 0.2) is 9.15 Å². The predicted molar refractivity (Wildman–Crippen MR) is 98.9 cm³/mol. The number of para-hydroxylation sites is 1. The van der Waals surface area contributed by atoms with Gasteiger partial charge in [-0.3, -0.25) is 0 Å². The van der Waals surface area contributed by atoms with Gasteiger partial charge in [-0.2, -0.15) is 0 Å². The fourth-order valence-electron chi connectivity index (χ4n) is 2.70. The van der Waals surface area contributed by atoms with Crippen LogP contribution in [0.15, 0.2) is 24.3 Å². The zero-order valence-electron chi connectivity index (χ0n) is 15.1. The number of unbranched alkanes of at least 4 members (excludes halogenated alkanes) is 9. The predicted octanol–water partition coefficient (Wildman–Crippen LogP) is 2.32. The molecule has 0 unspecified atom stereocenters. The molecular weight excluding hydrogens is 351 g/mol. The van der Waals surface area contributed by atoms with E-state index in [0.29, 0.717) is 5.75 Å². The van der Waals surface area contributed by atoms with Crippen LogP contribution in [0, 0.1) is 0 Å². The van der Waals surface area contributed by atoms with Crippen molar-refractivity contribution in [3.63, 3.8) is 0 Å². The van der Waals surface area contributed by atoms with E-state index < -0.39 is 9.15 Å². The van der Waals surface area contributed by atoms with E-state index in [4.69, 9.17) is 4.18 Å². The van der Waals surface area contributed by atoms with Gasteiger partial charge in [0.25, 0.3) is 0 Å². The summed E-state index contributed by atoms with van der Waals surface area (Å²) < 4.78 is 27.0. The molecule has 0 saturated carbocycles. The summed E-state index contributed by atoms with van der Waals surface area (Å²) in [6.07, 6.45) is 13.7. The Morgan fingerprint density at radius 2 is 1.38 bits per heavy atom. The van der Waals surface area contributed by atoms with Gasteiger partial charge in [-0.05, 0) is 24.5 Å². The molecule has 0 aromatic heterocycles. The molecule has 0 spiro atoms. The van der Waals surface area contributed by atoms with Crippen molar-refractivity contribution < 1.29 is 42.2 Å². The Labute approximate surface area is 175 Å². The molecule has 132 valence electrons. The molecule has 0 aliphatic heterocycles. The number of benzene rings is 1. The van der Waals surface area contributed by atoms with Crippen molar-refractivity contribution in [2.45, 2.75) is 77.6 Å². The van der Waals surface area contributed by atoms with Crippen molar-refractivity contribution in [3.8, 4) is 5.75 Å². The van der Waals surface area contributed by atoms with E-state index >= 15 is 0 Å². The van der Waals surface area contributed by atoms with Crippen LogP contribution in [0.3, 0.4) is 0 Å². The molecule has 0 aliphatic carbocycles. The SMILES string of the molecule is CCCCCCCCCCCCc1ccccc1OS(=O)(=O)[S-].[Na+]. The first kappa shape index (κ1) is 24.3. The summed E-state index contributed by atoms with van der Waals surface area (Å²) in [6.45, 7) is 2.24. The van der Waals surface area contributed by atoms with E-state index in [1.54, 1.807) is 12.1 Å². The first-order valence-corrected chi connectivity index (χ1v) is 11.1. The summed E-state index contributed by atoms with van der Waals surface area (Å²) in [7, 11) is -3.87. The van der Waals surface area contributed by atoms with Crippen molar-refractivity contribution in [1.29, 1.82) is 0 Å². The molecule has 0 bridgehead atoms. The third-order valence-corrected chi connectivity index (χ3v) is 4.55. The quantitative estimate of drug-likeness (QED) is 0.228. The average molecular weight is 381 g/mol. The van der Waals surface area contributed by atoms with Gasteiger partial charge in [-0.25, -0.2) is 8.42 Å². The van der Waals surface area contributed by atoms with Crippen LogP contribution in [0.4, 0.5) is 0 Å². The van der Waals surface area contributed by atoms with Crippen LogP contribution in [-0.2, 0) is 27.2 Å². The van der Waals surface area contributed by atoms with E-state index in [1.165, 1.54) is 57.8 Å². The van der Waals surface area contributed by atoms with Gasteiger partial charge >= 0.3 is 29.6 Å². The molecule has 1 aromatic carbocycles. The van der Waals surface area contributed by atoms with Gasteiger partial charge in [0.2, 0.25) is 0 Å². The fraction of sp³-hybridized carbons (Fsp3) is 0.667. The van der Waals surface area contributed by atoms with Gasteiger partial charge in [0.05, 0.1) is 0 Å². The number of hydrogen-bond acceptors (Lipinski definition) is 4. The summed E-state index contributed by atoms with van der Waals surface area (Å²) in [5, 5.41) is 0. The Balaban J connectivity index is 0.00000529. The minimum absolute atomic E-state index is 0. The van der Waals surface area contributed by atoms with Gasteiger partial charge in [-0.1, -0.05) is 82.9 Å². The molecule has 1 aromatic rings. The number of rotatable bonds is 13. The minimum atomic E-state index is -3.87. The van der Waals surface area contributed by atoms with E-state index in [-0.39, 0.29) is 29.6 Å². The Bertz CT molecular complexity index is 533. The maximum absolute atomic E-state index is 11.1. The van der Waals surface area contributed by atoms with Crippen molar-refractivity contribution in [3.05, 3.63) is 29.8 Å². The molecule has 0 aliphatic rings. The zero-order chi connectivity index (χ0) is 17.0. The largest absolute Gasteiger partial charge is 1.00 e. The second kappa shape index (κ2) is 14.5. The van der Waals surface area contributed by atoms with Gasteiger partial charge in [0.1, 0.15) is 5.75 Å². The first-order chi connectivity index (χ1) is 11.0. The topological polar surface area (TPSA) is 43.4 Å². The second-order valence-electron chi connectivity index (χ2n) is 6.03. The van der Waals surface area contributed by atoms with Crippen LogP contribution in [-0.4, -0.2) is 8.42 Å². The van der Waals surface area contributed by atoms with Crippen molar-refractivity contribution in [2.24, 2.45) is 0 Å².